The molecule has 133 heavy (non-hydrogen) atoms. The van der Waals surface area contributed by atoms with Gasteiger partial charge in [-0.25, -0.2) is 81.6 Å². The minimum Gasteiger partial charge on any atom is -0.420 e. The van der Waals surface area contributed by atoms with E-state index in [0.717, 1.165) is 61.9 Å². The van der Waals surface area contributed by atoms with Crippen LogP contribution in [0.15, 0.2) is 12.0 Å². The van der Waals surface area contributed by atoms with Crippen LogP contribution < -0.4 is 9.47 Å². The Labute approximate surface area is 817 Å². The molecule has 47 heteroatoms. The van der Waals surface area contributed by atoms with Crippen LogP contribution in [0.25, 0.3) is 0 Å². The lowest BCUT2D eigenvalue weighted by molar-refractivity contribution is -0.197. The number of nitrogens with zero attached hydrogens (tertiary/aromatic N) is 1. The maximum atomic E-state index is 13.9. The van der Waals surface area contributed by atoms with E-state index >= 15 is 0 Å². The van der Waals surface area contributed by atoms with E-state index in [4.69, 9.17) is 23.8 Å². The third-order valence-electron chi connectivity index (χ3n) is 17.5. The van der Waals surface area contributed by atoms with Gasteiger partial charge in [0, 0.05) is 105 Å². The molecule has 0 atom stereocenters. The lowest BCUT2D eigenvalue weighted by Gasteiger charge is -2.12. The number of hydrogen-bond acceptors (Lipinski definition) is 31. The van der Waals surface area contributed by atoms with E-state index in [1.165, 1.54) is 58.8 Å². The molecule has 1 saturated heterocycles. The first kappa shape index (κ1) is 134. The summed E-state index contributed by atoms with van der Waals surface area (Å²) in [6, 6.07) is 0. The zero-order valence-corrected chi connectivity index (χ0v) is 90.3. The van der Waals surface area contributed by atoms with Crippen molar-refractivity contribution in [2.45, 2.75) is 187 Å². The third kappa shape index (κ3) is 73.8. The molecule has 1 aliphatic rings. The third-order valence-corrected chi connectivity index (χ3v) is 35.8. The largest absolute Gasteiger partial charge is 0.420 e. The molecule has 1 aliphatic heterocycles. The molecule has 25 nitrogen and oxygen atoms in total. The average Bonchev–Trinajstić information content (AvgIpc) is 1.35. The van der Waals surface area contributed by atoms with E-state index in [-0.39, 0.29) is 89.6 Å². The van der Waals surface area contributed by atoms with Crippen molar-refractivity contribution in [2.75, 3.05) is 197 Å². The highest BCUT2D eigenvalue weighted by Gasteiger charge is 2.34. The number of carbonyl (C=O) groups excluding carboxylic acids is 5. The molecule has 0 N–H and O–H groups in total. The predicted molar refractivity (Wildman–Crippen MR) is 529 cm³/mol. The van der Waals surface area contributed by atoms with Crippen molar-refractivity contribution in [1.29, 1.82) is 0 Å². The van der Waals surface area contributed by atoms with E-state index in [9.17, 15) is 114 Å². The maximum Gasteiger partial charge on any atom is 0.334 e. The second-order valence-electron chi connectivity index (χ2n) is 32.5. The van der Waals surface area contributed by atoms with Gasteiger partial charge in [0.05, 0.1) is 129 Å². The van der Waals surface area contributed by atoms with E-state index < -0.39 is 158 Å². The highest BCUT2D eigenvalue weighted by Crippen LogP contribution is 2.32. The lowest BCUT2D eigenvalue weighted by atomic mass is 10.2. The quantitative estimate of drug-likeness (QED) is 0.0113. The number of hydroxylamine groups is 2. The van der Waals surface area contributed by atoms with Crippen LogP contribution in [0.4, 0.5) is 39.5 Å². The number of halogens is 9. The highest BCUT2D eigenvalue weighted by atomic mass is 32.2. The van der Waals surface area contributed by atoms with Crippen molar-refractivity contribution < 1.29 is 147 Å². The number of sulfone groups is 6. The molecule has 2 aromatic carbocycles. The molecule has 1 fully saturated rings. The van der Waals surface area contributed by atoms with Gasteiger partial charge >= 0.3 is 17.9 Å². The second-order valence-corrected chi connectivity index (χ2v) is 54.6. The summed E-state index contributed by atoms with van der Waals surface area (Å²) in [6.45, 7) is 36.8. The molecular formula is C86H146F9NO24S13. The summed E-state index contributed by atoms with van der Waals surface area (Å²) < 4.78 is 289. The Kier molecular flexibility index (Phi) is 77.5. The standard InChI is InChI=1S/C23H34F4O6S3.C18H23F5O4S3.C14H23NO6S2.C14H30O4S2.C10H22O2S2.C7H14O2S/c1-16(2)5-14-36(29,30)15-13-35-12-9-32-7-6-31-8-11-34-10-4-18(28)33-23-20(25)17(3)19(24)21(26)22(23)27;1-11(2)4-9-30(25,26)10-8-29-7-6-28-5-3-12(24)27-18-16(22)14(20)13(19)15(21)17(18)23;1-11(2)6-9-23(19,20)10-8-22-7-5-14(18)21-15-12(16)3-4-13(15)17;1-4-6-17-7-8-18-9-10-19-11-13-20(15,16)12-5-14(2)3;1-4-6-13-7-9-14(11,12)8-5-10(2)3;1-4-10(8,9)6-5-7(2)3/h16H,4-15H2,1-3H3;11H,3-10H2,1-2H3;11H,3-10H2,1-2H3;14H,4-13H2,1-3H3;10H,4-9H2,1-3H3;4,7H,1,5-6H2,2-3H3. The van der Waals surface area contributed by atoms with E-state index in [2.05, 4.69) is 43.7 Å². The van der Waals surface area contributed by atoms with Gasteiger partial charge in [0.1, 0.15) is 0 Å². The number of carbonyl (C=O) groups is 5. The molecule has 0 radical (unpaired) electrons. The molecule has 2 amide bonds. The van der Waals surface area contributed by atoms with Gasteiger partial charge in [-0.3, -0.25) is 19.2 Å². The summed E-state index contributed by atoms with van der Waals surface area (Å²) >= 11 is 10.4. The van der Waals surface area contributed by atoms with Crippen LogP contribution in [0.1, 0.15) is 186 Å². The Hall–Kier alpha value is -2.91. The van der Waals surface area contributed by atoms with Crippen molar-refractivity contribution in [1.82, 2.24) is 5.06 Å². The number of imide groups is 1. The molecule has 1 heterocycles. The van der Waals surface area contributed by atoms with Crippen LogP contribution in [0, 0.1) is 94.8 Å². The fraction of sp³-hybridized carbons (Fsp3) is 0.779. The molecule has 2 aromatic rings. The average molecular weight is 2170 g/mol. The summed E-state index contributed by atoms with van der Waals surface area (Å²) in [6.07, 6.45) is 6.06. The first-order valence-electron chi connectivity index (χ1n) is 44.1. The molecule has 3 rings (SSSR count). The van der Waals surface area contributed by atoms with Gasteiger partial charge in [0.15, 0.2) is 76.5 Å². The first-order chi connectivity index (χ1) is 62.1. The normalized spacial score (nSPS) is 12.6. The zero-order valence-electron chi connectivity index (χ0n) is 79.7. The summed E-state index contributed by atoms with van der Waals surface area (Å²) in [5, 5.41) is 1.54. The van der Waals surface area contributed by atoms with Gasteiger partial charge in [-0.05, 0) is 99.6 Å². The van der Waals surface area contributed by atoms with Crippen LogP contribution in [-0.2, 0) is 107 Å². The van der Waals surface area contributed by atoms with Crippen LogP contribution in [0.5, 0.6) is 11.5 Å². The molecular weight excluding hydrogens is 2020 g/mol. The summed E-state index contributed by atoms with van der Waals surface area (Å²) in [5.74, 6) is -11.6. The van der Waals surface area contributed by atoms with Gasteiger partial charge in [-0.2, -0.15) is 95.5 Å². The van der Waals surface area contributed by atoms with Crippen molar-refractivity contribution in [3.8, 4) is 11.5 Å². The molecule has 0 aromatic heterocycles. The smallest absolute Gasteiger partial charge is 0.334 e. The van der Waals surface area contributed by atoms with Crippen LogP contribution >= 0.6 is 82.3 Å². The van der Waals surface area contributed by atoms with Crippen molar-refractivity contribution >= 4 is 171 Å². The Balaban J connectivity index is -0.00000159. The Morgan fingerprint density at radius 2 is 0.579 bits per heavy atom. The Morgan fingerprint density at radius 1 is 0.323 bits per heavy atom. The van der Waals surface area contributed by atoms with E-state index in [1.54, 1.807) is 23.5 Å². The SMILES string of the molecule is C=CS(=O)(=O)CCC(C)C.CC(C)CCS(=O)(=O)CCSCCC(=O)ON1C(=O)CCC1=O.CC(C)CCS(=O)(=O)CCSCCSCCC(=O)Oc1c(F)c(F)c(F)c(F)c1F.CCCOCCOCCSCCS(=O)(=O)CCC(C)C.CCCSCCS(=O)(=O)CCC(C)C.Cc1c(F)c(F)c(F)c(OC(=O)CCSCCOCCOCCSCCS(=O)(=O)CCC(C)C)c1F. The van der Waals surface area contributed by atoms with Gasteiger partial charge < -0.3 is 33.3 Å². The number of ether oxygens (including phenoxy) is 6. The zero-order chi connectivity index (χ0) is 102. The molecule has 780 valence electrons. The number of hydrogen-bond donors (Lipinski definition) is 0. The molecule has 0 saturated carbocycles. The van der Waals surface area contributed by atoms with Crippen molar-refractivity contribution in [3.63, 3.8) is 0 Å². The number of esters is 2. The van der Waals surface area contributed by atoms with Gasteiger partial charge in [0.2, 0.25) is 46.4 Å². The molecule has 0 unspecified atom stereocenters. The van der Waals surface area contributed by atoms with Gasteiger partial charge in [-0.15, -0.1) is 5.06 Å². The van der Waals surface area contributed by atoms with Crippen LogP contribution in [0.3, 0.4) is 0 Å². The summed E-state index contributed by atoms with van der Waals surface area (Å²) in [4.78, 5) is 62.1. The van der Waals surface area contributed by atoms with E-state index in [1.807, 2.05) is 69.2 Å². The van der Waals surface area contributed by atoms with Crippen molar-refractivity contribution in [3.05, 3.63) is 69.9 Å². The minimum atomic E-state index is -3.06. The van der Waals surface area contributed by atoms with E-state index in [0.29, 0.717) is 182 Å². The summed E-state index contributed by atoms with van der Waals surface area (Å²) in [5.41, 5.74) is -0.770. The van der Waals surface area contributed by atoms with Crippen LogP contribution in [0.2, 0.25) is 0 Å². The topological polar surface area (TPSA) is 358 Å². The Bertz CT molecular complexity index is 4280. The Morgan fingerprint density at radius 3 is 0.887 bits per heavy atom. The summed E-state index contributed by atoms with van der Waals surface area (Å²) in [7, 11) is -17.7. The van der Waals surface area contributed by atoms with Gasteiger partial charge in [-0.1, -0.05) is 104 Å². The number of benzene rings is 2. The predicted octanol–water partition coefficient (Wildman–Crippen LogP) is 17.4. The highest BCUT2D eigenvalue weighted by molar-refractivity contribution is 8.04. The first-order valence-corrected chi connectivity index (χ1v) is 63.0. The maximum absolute atomic E-state index is 13.9. The number of amides is 2. The minimum absolute atomic E-state index is 0.0216. The number of rotatable bonds is 68. The van der Waals surface area contributed by atoms with Crippen LogP contribution in [-0.4, -0.2) is 282 Å². The van der Waals surface area contributed by atoms with Crippen molar-refractivity contribution in [2.24, 2.45) is 35.5 Å². The fourth-order valence-corrected chi connectivity index (χ4v) is 27.1. The second kappa shape index (κ2) is 76.8. The lowest BCUT2D eigenvalue weighted by Crippen LogP contribution is -2.32. The van der Waals surface area contributed by atoms with Gasteiger partial charge in [0.25, 0.3) is 11.8 Å². The molecule has 0 bridgehead atoms. The molecule has 0 spiro atoms. The number of thioether (sulfide) groups is 7. The monoisotopic (exact) mass is 2160 g/mol. The fourth-order valence-electron chi connectivity index (χ4n) is 9.21. The molecule has 0 aliphatic carbocycles.